The second-order valence-electron chi connectivity index (χ2n) is 7.23. The average molecular weight is 409 g/mol. The summed E-state index contributed by atoms with van der Waals surface area (Å²) in [6, 6.07) is 13.9. The lowest BCUT2D eigenvalue weighted by Gasteiger charge is -2.09. The summed E-state index contributed by atoms with van der Waals surface area (Å²) in [4.78, 5) is 23.4. The summed E-state index contributed by atoms with van der Waals surface area (Å²) in [5, 5.41) is 9.87. The minimum absolute atomic E-state index is 0.0376. The van der Waals surface area contributed by atoms with Gasteiger partial charge in [-0.1, -0.05) is 26.2 Å². The highest BCUT2D eigenvalue weighted by atomic mass is 16.5. The van der Waals surface area contributed by atoms with Crippen LogP contribution in [0, 0.1) is 0 Å². The minimum atomic E-state index is -0.970. The Morgan fingerprint density at radius 1 is 0.933 bits per heavy atom. The lowest BCUT2D eigenvalue weighted by atomic mass is 10.1. The lowest BCUT2D eigenvalue weighted by molar-refractivity contribution is -0.121. The molecule has 0 bridgehead atoms. The topological polar surface area (TPSA) is 77.8 Å². The quantitative estimate of drug-likeness (QED) is 0.429. The van der Waals surface area contributed by atoms with Crippen molar-refractivity contribution in [2.75, 3.05) is 13.2 Å². The van der Waals surface area contributed by atoms with E-state index in [1.54, 1.807) is 41.1 Å². The first-order valence-corrected chi connectivity index (χ1v) is 10.3. The largest absolute Gasteiger partial charge is 0.494 e. The fourth-order valence-corrected chi connectivity index (χ4v) is 3.22. The van der Waals surface area contributed by atoms with E-state index in [4.69, 9.17) is 14.6 Å². The summed E-state index contributed by atoms with van der Waals surface area (Å²) >= 11 is 0. The van der Waals surface area contributed by atoms with Gasteiger partial charge >= 0.3 is 5.97 Å². The van der Waals surface area contributed by atoms with E-state index in [-0.39, 0.29) is 24.5 Å². The first-order valence-electron chi connectivity index (χ1n) is 10.3. The van der Waals surface area contributed by atoms with E-state index >= 15 is 0 Å². The van der Waals surface area contributed by atoms with Crippen molar-refractivity contribution in [1.29, 1.82) is 0 Å². The second kappa shape index (κ2) is 10.5. The zero-order chi connectivity index (χ0) is 21.3. The maximum Gasteiger partial charge on any atom is 0.335 e. The molecule has 0 unspecified atom stereocenters. The van der Waals surface area contributed by atoms with E-state index < -0.39 is 5.97 Å². The van der Waals surface area contributed by atoms with Crippen LogP contribution in [0.15, 0.2) is 54.7 Å². The number of hydrogen-bond acceptors (Lipinski definition) is 4. The summed E-state index contributed by atoms with van der Waals surface area (Å²) in [7, 11) is 0. The molecule has 1 heterocycles. The Morgan fingerprint density at radius 2 is 1.67 bits per heavy atom. The molecule has 158 valence electrons. The molecule has 0 fully saturated rings. The number of Topliss-reactive ketones (excluding diaryl/α,β-unsaturated/α-hetero) is 1. The number of ether oxygens (including phenoxy) is 2. The highest BCUT2D eigenvalue weighted by Crippen LogP contribution is 2.19. The fourth-order valence-electron chi connectivity index (χ4n) is 3.22. The molecule has 0 atom stereocenters. The average Bonchev–Trinajstić information content (AvgIpc) is 3.15. The van der Waals surface area contributed by atoms with Gasteiger partial charge in [0.05, 0.1) is 18.7 Å². The monoisotopic (exact) mass is 409 g/mol. The number of aromatic nitrogens is 1. The van der Waals surface area contributed by atoms with Crippen molar-refractivity contribution in [3.63, 3.8) is 0 Å². The normalized spacial score (nSPS) is 10.8. The summed E-state index contributed by atoms with van der Waals surface area (Å²) < 4.78 is 13.1. The molecule has 0 saturated carbocycles. The highest BCUT2D eigenvalue weighted by molar-refractivity contribution is 5.94. The van der Waals surface area contributed by atoms with Crippen LogP contribution in [0.2, 0.25) is 0 Å². The maximum absolute atomic E-state index is 12.3. The van der Waals surface area contributed by atoms with E-state index in [9.17, 15) is 9.59 Å². The number of benzene rings is 2. The van der Waals surface area contributed by atoms with Crippen LogP contribution in [-0.2, 0) is 11.3 Å². The first kappa shape index (κ1) is 21.4. The molecule has 0 saturated heterocycles. The summed E-state index contributed by atoms with van der Waals surface area (Å²) in [6.07, 6.45) is 6.44. The number of unbranched alkanes of at least 4 members (excludes halogenated alkanes) is 3. The van der Waals surface area contributed by atoms with Crippen molar-refractivity contribution in [1.82, 2.24) is 4.57 Å². The van der Waals surface area contributed by atoms with Crippen LogP contribution in [-0.4, -0.2) is 34.6 Å². The highest BCUT2D eigenvalue weighted by Gasteiger charge is 2.10. The molecule has 1 aromatic heterocycles. The summed E-state index contributed by atoms with van der Waals surface area (Å²) in [6.45, 7) is 3.01. The van der Waals surface area contributed by atoms with Crippen LogP contribution in [0.5, 0.6) is 11.5 Å². The number of aromatic carboxylic acids is 1. The van der Waals surface area contributed by atoms with Crippen molar-refractivity contribution in [3.8, 4) is 11.5 Å². The van der Waals surface area contributed by atoms with Gasteiger partial charge in [0.2, 0.25) is 0 Å². The molecule has 30 heavy (non-hydrogen) atoms. The van der Waals surface area contributed by atoms with Gasteiger partial charge in [-0.25, -0.2) is 4.79 Å². The second-order valence-corrected chi connectivity index (χ2v) is 7.23. The summed E-state index contributed by atoms with van der Waals surface area (Å²) in [5.74, 6) is 0.364. The van der Waals surface area contributed by atoms with E-state index in [0.717, 1.165) is 23.1 Å². The number of carboxylic acid groups (broad SMARTS) is 1. The lowest BCUT2D eigenvalue weighted by Crippen LogP contribution is -2.17. The van der Waals surface area contributed by atoms with E-state index in [2.05, 4.69) is 6.92 Å². The SMILES string of the molecule is CCCCCCOc1ccc(OCC(=O)Cn2ccc3cc(C(=O)O)ccc32)cc1. The predicted molar refractivity (Wildman–Crippen MR) is 115 cm³/mol. The number of rotatable bonds is 12. The van der Waals surface area contributed by atoms with Crippen LogP contribution in [0.1, 0.15) is 43.0 Å². The van der Waals surface area contributed by atoms with Gasteiger partial charge in [-0.3, -0.25) is 4.79 Å². The van der Waals surface area contributed by atoms with Crippen molar-refractivity contribution in [2.24, 2.45) is 0 Å². The number of carbonyl (C=O) groups is 2. The molecule has 0 aliphatic heterocycles. The van der Waals surface area contributed by atoms with Crippen LogP contribution in [0.4, 0.5) is 0 Å². The Balaban J connectivity index is 1.47. The van der Waals surface area contributed by atoms with Crippen molar-refractivity contribution >= 4 is 22.7 Å². The molecule has 6 nitrogen and oxygen atoms in total. The van der Waals surface area contributed by atoms with Crippen molar-refractivity contribution < 1.29 is 24.2 Å². The Kier molecular flexibility index (Phi) is 7.49. The molecule has 3 rings (SSSR count). The van der Waals surface area contributed by atoms with Crippen LogP contribution in [0.3, 0.4) is 0 Å². The van der Waals surface area contributed by atoms with E-state index in [1.807, 2.05) is 12.1 Å². The molecule has 0 amide bonds. The zero-order valence-electron chi connectivity index (χ0n) is 17.2. The third-order valence-electron chi connectivity index (χ3n) is 4.85. The molecule has 0 radical (unpaired) electrons. The van der Waals surface area contributed by atoms with Crippen molar-refractivity contribution in [2.45, 2.75) is 39.2 Å². The number of carbonyl (C=O) groups excluding carboxylic acids is 1. The van der Waals surface area contributed by atoms with Crippen molar-refractivity contribution in [3.05, 3.63) is 60.3 Å². The Bertz CT molecular complexity index is 991. The standard InChI is InChI=1S/C24H27NO5/c1-2-3-4-5-14-29-21-7-9-22(10-8-21)30-17-20(26)16-25-13-12-18-15-19(24(27)28)6-11-23(18)25/h6-13,15H,2-5,14,16-17H2,1H3,(H,27,28). The van der Waals surface area contributed by atoms with Gasteiger partial charge in [-0.2, -0.15) is 0 Å². The fraction of sp³-hybridized carbons (Fsp3) is 0.333. The van der Waals surface area contributed by atoms with E-state index in [0.29, 0.717) is 12.4 Å². The molecule has 0 spiro atoms. The first-order chi connectivity index (χ1) is 14.6. The van der Waals surface area contributed by atoms with Gasteiger partial charge in [0.1, 0.15) is 18.1 Å². The zero-order valence-corrected chi connectivity index (χ0v) is 17.2. The van der Waals surface area contributed by atoms with Crippen LogP contribution < -0.4 is 9.47 Å². The van der Waals surface area contributed by atoms with Gasteiger partial charge in [0, 0.05) is 17.1 Å². The predicted octanol–water partition coefficient (Wildman–Crippen LogP) is 4.95. The van der Waals surface area contributed by atoms with Crippen LogP contribution >= 0.6 is 0 Å². The Hall–Kier alpha value is -3.28. The van der Waals surface area contributed by atoms with Gasteiger partial charge < -0.3 is 19.1 Å². The number of nitrogens with zero attached hydrogens (tertiary/aromatic N) is 1. The smallest absolute Gasteiger partial charge is 0.335 e. The number of fused-ring (bicyclic) bond motifs is 1. The number of hydrogen-bond donors (Lipinski definition) is 1. The molecule has 3 aromatic rings. The minimum Gasteiger partial charge on any atom is -0.494 e. The molecule has 6 heteroatoms. The van der Waals surface area contributed by atoms with Gasteiger partial charge in [-0.15, -0.1) is 0 Å². The Labute approximate surface area is 176 Å². The Morgan fingerprint density at radius 3 is 2.37 bits per heavy atom. The third-order valence-corrected chi connectivity index (χ3v) is 4.85. The maximum atomic E-state index is 12.3. The molecule has 0 aliphatic rings. The molecular weight excluding hydrogens is 382 g/mol. The molecular formula is C24H27NO5. The third kappa shape index (κ3) is 5.86. The molecule has 2 aromatic carbocycles. The number of ketones is 1. The van der Waals surface area contributed by atoms with Gasteiger partial charge in [0.25, 0.3) is 0 Å². The number of carboxylic acids is 1. The molecule has 1 N–H and O–H groups in total. The summed E-state index contributed by atoms with van der Waals surface area (Å²) in [5.41, 5.74) is 1.04. The molecule has 0 aliphatic carbocycles. The van der Waals surface area contributed by atoms with Gasteiger partial charge in [-0.05, 0) is 55.0 Å². The van der Waals surface area contributed by atoms with Crippen LogP contribution in [0.25, 0.3) is 10.9 Å². The van der Waals surface area contributed by atoms with Gasteiger partial charge in [0.15, 0.2) is 5.78 Å². The van der Waals surface area contributed by atoms with E-state index in [1.165, 1.54) is 25.3 Å².